The predicted molar refractivity (Wildman–Crippen MR) is 88.0 cm³/mol. The lowest BCUT2D eigenvalue weighted by molar-refractivity contribution is 0.0433. The molecule has 0 saturated carbocycles. The summed E-state index contributed by atoms with van der Waals surface area (Å²) in [6.45, 7) is -0.285. The summed E-state index contributed by atoms with van der Waals surface area (Å²) in [6, 6.07) is 11.2. The Kier molecular flexibility index (Phi) is 4.92. The zero-order valence-corrected chi connectivity index (χ0v) is 14.3. The van der Waals surface area contributed by atoms with Crippen molar-refractivity contribution in [2.24, 2.45) is 0 Å². The van der Waals surface area contributed by atoms with Crippen LogP contribution in [0.2, 0.25) is 5.02 Å². The number of ether oxygens (including phenoxy) is 1. The van der Waals surface area contributed by atoms with Gasteiger partial charge in [0, 0.05) is 10.0 Å². The van der Waals surface area contributed by atoms with Gasteiger partial charge in [-0.05, 0) is 36.4 Å². The topological polar surface area (TPSA) is 65.2 Å². The summed E-state index contributed by atoms with van der Waals surface area (Å²) in [4.78, 5) is 11.9. The first-order valence-electron chi connectivity index (χ1n) is 6.74. The van der Waals surface area contributed by atoms with Crippen LogP contribution < -0.4 is 0 Å². The third-order valence-corrected chi connectivity index (χ3v) is 3.90. The minimum Gasteiger partial charge on any atom is -0.452 e. The first kappa shape index (κ1) is 16.6. The minimum absolute atomic E-state index is 0.0268. The maximum atomic E-state index is 13.6. The van der Waals surface area contributed by atoms with Crippen LogP contribution in [0.25, 0.3) is 11.5 Å². The number of halogens is 3. The number of rotatable bonds is 4. The van der Waals surface area contributed by atoms with Crippen LogP contribution in [-0.2, 0) is 11.3 Å². The molecule has 0 radical (unpaired) electrons. The molecule has 1 aromatic heterocycles. The van der Waals surface area contributed by atoms with Crippen LogP contribution in [-0.4, -0.2) is 16.2 Å². The molecule has 122 valence electrons. The fraction of sp³-hybridized carbons (Fsp3) is 0.0625. The summed E-state index contributed by atoms with van der Waals surface area (Å²) in [5.74, 6) is -1.28. The fourth-order valence-electron chi connectivity index (χ4n) is 1.91. The Balaban J connectivity index is 1.69. The average molecular weight is 412 g/mol. The molecule has 3 rings (SSSR count). The molecule has 0 unspecified atom stereocenters. The van der Waals surface area contributed by atoms with E-state index in [-0.39, 0.29) is 29.0 Å². The van der Waals surface area contributed by atoms with Gasteiger partial charge in [0.05, 0.1) is 5.02 Å². The Labute approximate surface area is 149 Å². The van der Waals surface area contributed by atoms with Gasteiger partial charge in [0.25, 0.3) is 5.89 Å². The quantitative estimate of drug-likeness (QED) is 0.585. The Morgan fingerprint density at radius 1 is 1.21 bits per heavy atom. The zero-order valence-electron chi connectivity index (χ0n) is 12.0. The van der Waals surface area contributed by atoms with Crippen LogP contribution in [0.3, 0.4) is 0 Å². The number of benzene rings is 2. The molecule has 0 aliphatic heterocycles. The van der Waals surface area contributed by atoms with Gasteiger partial charge in [-0.2, -0.15) is 0 Å². The number of hydrogen-bond acceptors (Lipinski definition) is 5. The molecule has 5 nitrogen and oxygen atoms in total. The third kappa shape index (κ3) is 3.63. The Bertz CT molecular complexity index is 863. The molecular weight excluding hydrogens is 403 g/mol. The van der Waals surface area contributed by atoms with Crippen LogP contribution in [0, 0.1) is 5.82 Å². The van der Waals surface area contributed by atoms with Crippen molar-refractivity contribution in [3.05, 3.63) is 69.2 Å². The van der Waals surface area contributed by atoms with Gasteiger partial charge in [0.15, 0.2) is 6.61 Å². The van der Waals surface area contributed by atoms with Crippen molar-refractivity contribution in [1.82, 2.24) is 10.2 Å². The highest BCUT2D eigenvalue weighted by Crippen LogP contribution is 2.22. The van der Waals surface area contributed by atoms with Gasteiger partial charge in [-0.15, -0.1) is 10.2 Å². The molecule has 0 aliphatic carbocycles. The summed E-state index contributed by atoms with van der Waals surface area (Å²) in [7, 11) is 0. The van der Waals surface area contributed by atoms with E-state index in [1.54, 1.807) is 12.1 Å². The lowest BCUT2D eigenvalue weighted by Crippen LogP contribution is -2.08. The van der Waals surface area contributed by atoms with E-state index in [0.29, 0.717) is 0 Å². The molecule has 0 aliphatic rings. The normalized spacial score (nSPS) is 10.6. The molecule has 24 heavy (non-hydrogen) atoms. The molecule has 0 amide bonds. The monoisotopic (exact) mass is 410 g/mol. The van der Waals surface area contributed by atoms with Gasteiger partial charge in [-0.25, -0.2) is 9.18 Å². The lowest BCUT2D eigenvalue weighted by atomic mass is 10.2. The van der Waals surface area contributed by atoms with Gasteiger partial charge >= 0.3 is 5.97 Å². The minimum atomic E-state index is -0.901. The molecule has 0 bridgehead atoms. The second kappa shape index (κ2) is 7.11. The van der Waals surface area contributed by atoms with Crippen molar-refractivity contribution in [2.45, 2.75) is 6.61 Å². The molecule has 0 saturated heterocycles. The molecule has 0 atom stereocenters. The fourth-order valence-corrected chi connectivity index (χ4v) is 2.42. The third-order valence-electron chi connectivity index (χ3n) is 3.05. The van der Waals surface area contributed by atoms with Crippen molar-refractivity contribution in [3.8, 4) is 11.5 Å². The largest absolute Gasteiger partial charge is 0.452 e. The molecule has 2 aromatic carbocycles. The van der Waals surface area contributed by atoms with Crippen molar-refractivity contribution in [3.63, 3.8) is 0 Å². The molecular formula is C16H9BrClFN2O3. The molecule has 1 heterocycles. The van der Waals surface area contributed by atoms with Crippen molar-refractivity contribution < 1.29 is 18.3 Å². The zero-order chi connectivity index (χ0) is 17.1. The van der Waals surface area contributed by atoms with E-state index in [9.17, 15) is 9.18 Å². The SMILES string of the molecule is O=C(OCc1nnc(-c2ccc(Br)cc2)o1)c1c(F)cccc1Cl. The van der Waals surface area contributed by atoms with Gasteiger partial charge in [-0.3, -0.25) is 0 Å². The summed E-state index contributed by atoms with van der Waals surface area (Å²) in [5, 5.41) is 7.64. The number of carbonyl (C=O) groups excluding carboxylic acids is 1. The Morgan fingerprint density at radius 2 is 1.96 bits per heavy atom. The number of nitrogens with zero attached hydrogens (tertiary/aromatic N) is 2. The second-order valence-corrected chi connectivity index (χ2v) is 6.00. The molecule has 0 N–H and O–H groups in total. The highest BCUT2D eigenvalue weighted by Gasteiger charge is 2.18. The highest BCUT2D eigenvalue weighted by molar-refractivity contribution is 9.10. The molecule has 0 spiro atoms. The first-order valence-corrected chi connectivity index (χ1v) is 7.91. The number of aromatic nitrogens is 2. The molecule has 0 fully saturated rings. The summed E-state index contributed by atoms with van der Waals surface area (Å²) < 4.78 is 25.0. The average Bonchev–Trinajstić information content (AvgIpc) is 3.02. The van der Waals surface area contributed by atoms with Crippen molar-refractivity contribution in [2.75, 3.05) is 0 Å². The van der Waals surface area contributed by atoms with E-state index in [0.717, 1.165) is 16.1 Å². The van der Waals surface area contributed by atoms with Gasteiger partial charge < -0.3 is 9.15 Å². The summed E-state index contributed by atoms with van der Waals surface area (Å²) in [5.41, 5.74) is 0.396. The van der Waals surface area contributed by atoms with E-state index in [1.807, 2.05) is 12.1 Å². The predicted octanol–water partition coefficient (Wildman–Crippen LogP) is 4.65. The van der Waals surface area contributed by atoms with Crippen molar-refractivity contribution in [1.29, 1.82) is 0 Å². The van der Waals surface area contributed by atoms with E-state index in [1.165, 1.54) is 12.1 Å². The van der Waals surface area contributed by atoms with Crippen LogP contribution in [0.4, 0.5) is 4.39 Å². The van der Waals surface area contributed by atoms with E-state index in [4.69, 9.17) is 20.8 Å². The maximum Gasteiger partial charge on any atom is 0.343 e. The maximum absolute atomic E-state index is 13.6. The molecule has 8 heteroatoms. The van der Waals surface area contributed by atoms with E-state index < -0.39 is 11.8 Å². The second-order valence-electron chi connectivity index (χ2n) is 4.68. The van der Waals surface area contributed by atoms with Gasteiger partial charge in [-0.1, -0.05) is 33.6 Å². The number of esters is 1. The Hall–Kier alpha value is -2.25. The number of carbonyl (C=O) groups is 1. The van der Waals surface area contributed by atoms with Gasteiger partial charge in [0.2, 0.25) is 5.89 Å². The van der Waals surface area contributed by atoms with Crippen LogP contribution in [0.5, 0.6) is 0 Å². The summed E-state index contributed by atoms with van der Waals surface area (Å²) in [6.07, 6.45) is 0. The van der Waals surface area contributed by atoms with Crippen LogP contribution in [0.1, 0.15) is 16.2 Å². The first-order chi connectivity index (χ1) is 11.5. The summed E-state index contributed by atoms with van der Waals surface area (Å²) >= 11 is 9.14. The highest BCUT2D eigenvalue weighted by atomic mass is 79.9. The van der Waals surface area contributed by atoms with Crippen LogP contribution in [0.15, 0.2) is 51.4 Å². The molecule has 3 aromatic rings. The number of hydrogen-bond donors (Lipinski definition) is 0. The Morgan fingerprint density at radius 3 is 2.67 bits per heavy atom. The van der Waals surface area contributed by atoms with E-state index in [2.05, 4.69) is 26.1 Å². The van der Waals surface area contributed by atoms with Crippen LogP contribution >= 0.6 is 27.5 Å². The lowest BCUT2D eigenvalue weighted by Gasteiger charge is -2.05. The standard InChI is InChI=1S/C16H9BrClFN2O3/c17-10-6-4-9(5-7-10)15-21-20-13(24-15)8-23-16(22)14-11(18)2-1-3-12(14)19/h1-7H,8H2. The smallest absolute Gasteiger partial charge is 0.343 e. The van der Waals surface area contributed by atoms with Crippen molar-refractivity contribution >= 4 is 33.5 Å². The van der Waals surface area contributed by atoms with E-state index >= 15 is 0 Å². The van der Waals surface area contributed by atoms with Gasteiger partial charge in [0.1, 0.15) is 11.4 Å².